The molecule has 0 atom stereocenters. The topological polar surface area (TPSA) is 72.2 Å². The molecular weight excluding hydrogens is 339 g/mol. The lowest BCUT2D eigenvalue weighted by Crippen LogP contribution is -2.11. The number of aryl methyl sites for hydroxylation is 2. The van der Waals surface area contributed by atoms with Gasteiger partial charge in [0.05, 0.1) is 16.8 Å². The molecule has 0 aliphatic carbocycles. The second kappa shape index (κ2) is 5.78. The second-order valence-corrected chi connectivity index (χ2v) is 7.92. The highest BCUT2D eigenvalue weighted by Gasteiger charge is 2.19. The molecule has 5 nitrogen and oxygen atoms in total. The van der Waals surface area contributed by atoms with Gasteiger partial charge in [0.2, 0.25) is 0 Å². The van der Waals surface area contributed by atoms with E-state index in [0.717, 1.165) is 17.4 Å². The summed E-state index contributed by atoms with van der Waals surface area (Å²) in [5.74, 6) is 0.551. The number of hydrogen-bond acceptors (Lipinski definition) is 5. The lowest BCUT2D eigenvalue weighted by Gasteiger charge is -2.07. The van der Waals surface area contributed by atoms with E-state index in [1.54, 1.807) is 26.1 Å². The van der Waals surface area contributed by atoms with Gasteiger partial charge in [-0.15, -0.1) is 11.3 Å². The predicted octanol–water partition coefficient (Wildman–Crippen LogP) is 3.96. The number of aromatic nitrogens is 1. The summed E-state index contributed by atoms with van der Waals surface area (Å²) >= 11 is 1.05. The molecule has 2 heterocycles. The van der Waals surface area contributed by atoms with Gasteiger partial charge in [-0.25, -0.2) is 17.8 Å². The first kappa shape index (κ1) is 15.7. The SMILES string of the molecule is Cc1ncc(-c2ccc(S(=O)(=O)Nc3ccc(C)c(F)c3)s2)o1. The lowest BCUT2D eigenvalue weighted by atomic mass is 10.2. The van der Waals surface area contributed by atoms with Gasteiger partial charge in [-0.05, 0) is 36.8 Å². The molecule has 0 fully saturated rings. The minimum Gasteiger partial charge on any atom is -0.440 e. The zero-order chi connectivity index (χ0) is 16.6. The monoisotopic (exact) mass is 352 g/mol. The van der Waals surface area contributed by atoms with Gasteiger partial charge in [0.15, 0.2) is 11.7 Å². The standard InChI is InChI=1S/C15H13FN2O3S2/c1-9-3-4-11(7-12(9)16)18-23(19,20)15-6-5-14(22-15)13-8-17-10(2)21-13/h3-8,18H,1-2H3. The van der Waals surface area contributed by atoms with Crippen LogP contribution in [-0.4, -0.2) is 13.4 Å². The zero-order valence-electron chi connectivity index (χ0n) is 12.3. The van der Waals surface area contributed by atoms with Gasteiger partial charge >= 0.3 is 0 Å². The number of nitrogens with zero attached hydrogens (tertiary/aromatic N) is 1. The van der Waals surface area contributed by atoms with Gasteiger partial charge in [-0.1, -0.05) is 6.07 Å². The number of halogens is 1. The molecule has 0 bridgehead atoms. The number of oxazole rings is 1. The van der Waals surface area contributed by atoms with Crippen molar-refractivity contribution in [2.24, 2.45) is 0 Å². The summed E-state index contributed by atoms with van der Waals surface area (Å²) in [6.07, 6.45) is 1.54. The summed E-state index contributed by atoms with van der Waals surface area (Å²) in [4.78, 5) is 4.64. The quantitative estimate of drug-likeness (QED) is 0.771. The second-order valence-electron chi connectivity index (χ2n) is 4.93. The molecule has 0 aliphatic heterocycles. The molecule has 1 N–H and O–H groups in total. The third kappa shape index (κ3) is 3.27. The summed E-state index contributed by atoms with van der Waals surface area (Å²) in [5, 5.41) is 0. The minimum absolute atomic E-state index is 0.113. The number of rotatable bonds is 4. The Morgan fingerprint density at radius 2 is 2.00 bits per heavy atom. The average Bonchev–Trinajstić information content (AvgIpc) is 3.11. The first-order valence-corrected chi connectivity index (χ1v) is 8.97. The molecule has 0 aliphatic rings. The highest BCUT2D eigenvalue weighted by atomic mass is 32.2. The maximum absolute atomic E-state index is 13.5. The lowest BCUT2D eigenvalue weighted by molar-refractivity contribution is 0.535. The Morgan fingerprint density at radius 3 is 2.65 bits per heavy atom. The molecular formula is C15H13FN2O3S2. The van der Waals surface area contributed by atoms with Crippen molar-refractivity contribution < 1.29 is 17.2 Å². The van der Waals surface area contributed by atoms with E-state index in [0.29, 0.717) is 22.1 Å². The number of sulfonamides is 1. The van der Waals surface area contributed by atoms with E-state index in [-0.39, 0.29) is 9.90 Å². The third-order valence-electron chi connectivity index (χ3n) is 3.13. The van der Waals surface area contributed by atoms with Crippen LogP contribution < -0.4 is 4.72 Å². The molecule has 0 spiro atoms. The average molecular weight is 352 g/mol. The molecule has 120 valence electrons. The molecule has 3 rings (SSSR count). The molecule has 8 heteroatoms. The van der Waals surface area contributed by atoms with Crippen LogP contribution in [0.3, 0.4) is 0 Å². The Balaban J connectivity index is 1.88. The number of nitrogens with one attached hydrogen (secondary N) is 1. The normalized spacial score (nSPS) is 11.6. The molecule has 0 saturated carbocycles. The molecule has 0 radical (unpaired) electrons. The van der Waals surface area contributed by atoms with E-state index >= 15 is 0 Å². The maximum atomic E-state index is 13.5. The number of thiophene rings is 1. The van der Waals surface area contributed by atoms with Crippen molar-refractivity contribution in [3.05, 3.63) is 53.8 Å². The summed E-state index contributed by atoms with van der Waals surface area (Å²) in [7, 11) is -3.78. The molecule has 23 heavy (non-hydrogen) atoms. The van der Waals surface area contributed by atoms with Gasteiger partial charge in [0.25, 0.3) is 10.0 Å². The molecule has 0 saturated heterocycles. The summed E-state index contributed by atoms with van der Waals surface area (Å²) in [5.41, 5.74) is 0.630. The van der Waals surface area contributed by atoms with E-state index in [1.165, 1.54) is 18.2 Å². The number of hydrogen-bond donors (Lipinski definition) is 1. The van der Waals surface area contributed by atoms with Crippen molar-refractivity contribution in [2.75, 3.05) is 4.72 Å². The Morgan fingerprint density at radius 1 is 1.22 bits per heavy atom. The van der Waals surface area contributed by atoms with Gasteiger partial charge < -0.3 is 4.42 Å². The van der Waals surface area contributed by atoms with Crippen LogP contribution in [0.25, 0.3) is 10.6 Å². The first-order chi connectivity index (χ1) is 10.8. The van der Waals surface area contributed by atoms with Crippen LogP contribution in [0.5, 0.6) is 0 Å². The molecule has 1 aromatic carbocycles. The Labute approximate surface area is 136 Å². The van der Waals surface area contributed by atoms with Crippen molar-refractivity contribution in [3.8, 4) is 10.6 Å². The van der Waals surface area contributed by atoms with Crippen molar-refractivity contribution in [1.82, 2.24) is 4.98 Å². The molecule has 0 unspecified atom stereocenters. The Hall–Kier alpha value is -2.19. The number of benzene rings is 1. The Kier molecular flexibility index (Phi) is 3.95. The molecule has 3 aromatic rings. The predicted molar refractivity (Wildman–Crippen MR) is 86.5 cm³/mol. The fraction of sp³-hybridized carbons (Fsp3) is 0.133. The zero-order valence-corrected chi connectivity index (χ0v) is 14.0. The number of anilines is 1. The van der Waals surface area contributed by atoms with Gasteiger partial charge in [0.1, 0.15) is 10.0 Å². The van der Waals surface area contributed by atoms with Gasteiger partial charge in [0, 0.05) is 6.92 Å². The smallest absolute Gasteiger partial charge is 0.271 e. The third-order valence-corrected chi connectivity index (χ3v) is 6.11. The maximum Gasteiger partial charge on any atom is 0.271 e. The van der Waals surface area contributed by atoms with Crippen LogP contribution in [0.1, 0.15) is 11.5 Å². The van der Waals surface area contributed by atoms with Gasteiger partial charge in [-0.3, -0.25) is 4.72 Å². The van der Waals surface area contributed by atoms with Crippen LogP contribution in [0, 0.1) is 19.7 Å². The summed E-state index contributed by atoms with van der Waals surface area (Å²) in [6, 6.07) is 7.31. The molecule has 2 aromatic heterocycles. The fourth-order valence-electron chi connectivity index (χ4n) is 1.93. The minimum atomic E-state index is -3.78. The van der Waals surface area contributed by atoms with Gasteiger partial charge in [-0.2, -0.15) is 0 Å². The van der Waals surface area contributed by atoms with Crippen LogP contribution in [0.2, 0.25) is 0 Å². The fourth-order valence-corrected chi connectivity index (χ4v) is 4.24. The summed E-state index contributed by atoms with van der Waals surface area (Å²) in [6.45, 7) is 3.32. The largest absolute Gasteiger partial charge is 0.440 e. The van der Waals surface area contributed by atoms with E-state index in [9.17, 15) is 12.8 Å². The summed E-state index contributed by atoms with van der Waals surface area (Å²) < 4.78 is 46.1. The van der Waals surface area contributed by atoms with E-state index in [1.807, 2.05) is 0 Å². The van der Waals surface area contributed by atoms with Crippen LogP contribution >= 0.6 is 11.3 Å². The van der Waals surface area contributed by atoms with Crippen LogP contribution in [-0.2, 0) is 10.0 Å². The van der Waals surface area contributed by atoms with Crippen LogP contribution in [0.15, 0.2) is 45.2 Å². The Bertz CT molecular complexity index is 961. The van der Waals surface area contributed by atoms with Crippen molar-refractivity contribution in [1.29, 1.82) is 0 Å². The highest BCUT2D eigenvalue weighted by molar-refractivity contribution is 7.94. The van der Waals surface area contributed by atoms with E-state index in [2.05, 4.69) is 9.71 Å². The van der Waals surface area contributed by atoms with Crippen LogP contribution in [0.4, 0.5) is 10.1 Å². The molecule has 0 amide bonds. The van der Waals surface area contributed by atoms with E-state index in [4.69, 9.17) is 4.42 Å². The first-order valence-electron chi connectivity index (χ1n) is 6.67. The van der Waals surface area contributed by atoms with Crippen molar-refractivity contribution >= 4 is 27.0 Å². The highest BCUT2D eigenvalue weighted by Crippen LogP contribution is 2.32. The van der Waals surface area contributed by atoms with Crippen molar-refractivity contribution in [2.45, 2.75) is 18.1 Å². The van der Waals surface area contributed by atoms with Crippen molar-refractivity contribution in [3.63, 3.8) is 0 Å². The van der Waals surface area contributed by atoms with E-state index < -0.39 is 15.8 Å².